The predicted molar refractivity (Wildman–Crippen MR) is 96.3 cm³/mol. The van der Waals surface area contributed by atoms with Gasteiger partial charge in [0.05, 0.1) is 12.5 Å². The molecule has 0 bridgehead atoms. The summed E-state index contributed by atoms with van der Waals surface area (Å²) in [6.45, 7) is 0.459. The highest BCUT2D eigenvalue weighted by molar-refractivity contribution is 5.79. The third kappa shape index (κ3) is 5.24. The van der Waals surface area contributed by atoms with E-state index in [2.05, 4.69) is 15.6 Å². The molecule has 0 radical (unpaired) electrons. The molecule has 1 aliphatic carbocycles. The van der Waals surface area contributed by atoms with Crippen LogP contribution >= 0.6 is 0 Å². The van der Waals surface area contributed by atoms with E-state index in [1.54, 1.807) is 18.5 Å². The van der Waals surface area contributed by atoms with Crippen LogP contribution in [-0.4, -0.2) is 58.0 Å². The largest absolute Gasteiger partial charge is 0.388 e. The van der Waals surface area contributed by atoms with Gasteiger partial charge in [-0.25, -0.2) is 0 Å². The number of aromatic nitrogens is 1. The lowest BCUT2D eigenvalue weighted by atomic mass is 10.0. The van der Waals surface area contributed by atoms with E-state index in [4.69, 9.17) is 4.74 Å². The van der Waals surface area contributed by atoms with Gasteiger partial charge in [0.2, 0.25) is 11.8 Å². The molecule has 4 N–H and O–H groups in total. The average molecular weight is 377 g/mol. The number of nitrogens with zero attached hydrogens (tertiary/aromatic N) is 1. The molecule has 2 aliphatic rings. The number of aliphatic hydroxyl groups is 2. The van der Waals surface area contributed by atoms with E-state index in [0.29, 0.717) is 6.54 Å². The number of carbonyl (C=O) groups is 2. The van der Waals surface area contributed by atoms with Gasteiger partial charge in [0.15, 0.2) is 0 Å². The maximum atomic E-state index is 12.1. The number of carbonyl (C=O) groups excluding carboxylic acids is 2. The molecular formula is C19H27N3O5. The first kappa shape index (κ1) is 19.7. The molecule has 8 nitrogen and oxygen atoms in total. The maximum absolute atomic E-state index is 12.1. The van der Waals surface area contributed by atoms with Crippen LogP contribution in [0, 0.1) is 5.92 Å². The Bertz CT molecular complexity index is 635. The lowest BCUT2D eigenvalue weighted by molar-refractivity contribution is -0.127. The molecule has 0 unspecified atom stereocenters. The summed E-state index contributed by atoms with van der Waals surface area (Å²) in [6.07, 6.45) is 3.34. The summed E-state index contributed by atoms with van der Waals surface area (Å²) < 4.78 is 5.63. The number of ether oxygens (including phenoxy) is 1. The number of hydrogen-bond acceptors (Lipinski definition) is 6. The van der Waals surface area contributed by atoms with E-state index in [-0.39, 0.29) is 30.7 Å². The molecule has 1 aromatic heterocycles. The van der Waals surface area contributed by atoms with Gasteiger partial charge in [0.1, 0.15) is 18.3 Å². The second-order valence-corrected chi connectivity index (χ2v) is 7.26. The van der Waals surface area contributed by atoms with Gasteiger partial charge in [-0.3, -0.25) is 14.6 Å². The summed E-state index contributed by atoms with van der Waals surface area (Å²) in [6, 6.07) is 3.63. The van der Waals surface area contributed by atoms with Crippen molar-refractivity contribution in [2.75, 3.05) is 6.54 Å². The SMILES string of the molecule is O=C(C[C@@H]1O[C@H](CNC(=O)C2CCCC2)[C@@H](O)[C@H]1O)NCc1cccnc1. The fourth-order valence-electron chi connectivity index (χ4n) is 3.65. The molecule has 148 valence electrons. The number of rotatable bonds is 7. The third-order valence-corrected chi connectivity index (χ3v) is 5.26. The number of amides is 2. The van der Waals surface area contributed by atoms with Crippen molar-refractivity contribution in [1.82, 2.24) is 15.6 Å². The zero-order valence-corrected chi connectivity index (χ0v) is 15.2. The lowest BCUT2D eigenvalue weighted by Crippen LogP contribution is -2.41. The summed E-state index contributed by atoms with van der Waals surface area (Å²) in [5.41, 5.74) is 0.867. The molecule has 1 aliphatic heterocycles. The molecule has 2 fully saturated rings. The van der Waals surface area contributed by atoms with Crippen molar-refractivity contribution < 1.29 is 24.5 Å². The maximum Gasteiger partial charge on any atom is 0.223 e. The van der Waals surface area contributed by atoms with Crippen molar-refractivity contribution in [3.63, 3.8) is 0 Å². The lowest BCUT2D eigenvalue weighted by Gasteiger charge is -2.17. The number of aliphatic hydroxyl groups excluding tert-OH is 2. The molecule has 1 saturated heterocycles. The second kappa shape index (κ2) is 9.25. The highest BCUT2D eigenvalue weighted by atomic mass is 16.5. The van der Waals surface area contributed by atoms with Crippen molar-refractivity contribution in [2.24, 2.45) is 5.92 Å². The Morgan fingerprint density at radius 2 is 1.89 bits per heavy atom. The minimum Gasteiger partial charge on any atom is -0.388 e. The molecule has 2 amide bonds. The topological polar surface area (TPSA) is 121 Å². The second-order valence-electron chi connectivity index (χ2n) is 7.26. The first-order chi connectivity index (χ1) is 13.0. The summed E-state index contributed by atoms with van der Waals surface area (Å²) in [7, 11) is 0. The van der Waals surface area contributed by atoms with Crippen molar-refractivity contribution >= 4 is 11.8 Å². The number of hydrogen-bond donors (Lipinski definition) is 4. The smallest absolute Gasteiger partial charge is 0.223 e. The van der Waals surface area contributed by atoms with Crippen LogP contribution in [0.2, 0.25) is 0 Å². The summed E-state index contributed by atoms with van der Waals surface area (Å²) in [5.74, 6) is -0.288. The molecule has 8 heteroatoms. The van der Waals surface area contributed by atoms with Gasteiger partial charge >= 0.3 is 0 Å². The fraction of sp³-hybridized carbons (Fsp3) is 0.632. The van der Waals surface area contributed by atoms with Crippen LogP contribution in [0.1, 0.15) is 37.7 Å². The van der Waals surface area contributed by atoms with E-state index >= 15 is 0 Å². The van der Waals surface area contributed by atoms with Gasteiger partial charge in [0, 0.05) is 31.4 Å². The Hall–Kier alpha value is -2.03. The molecule has 2 heterocycles. The van der Waals surface area contributed by atoms with Crippen LogP contribution < -0.4 is 10.6 Å². The molecule has 3 rings (SSSR count). The first-order valence-electron chi connectivity index (χ1n) is 9.49. The minimum atomic E-state index is -1.16. The van der Waals surface area contributed by atoms with Gasteiger partial charge in [0.25, 0.3) is 0 Å². The molecule has 0 spiro atoms. The third-order valence-electron chi connectivity index (χ3n) is 5.26. The van der Waals surface area contributed by atoms with E-state index < -0.39 is 24.4 Å². The molecule has 1 saturated carbocycles. The molecule has 27 heavy (non-hydrogen) atoms. The van der Waals surface area contributed by atoms with Crippen LogP contribution in [0.3, 0.4) is 0 Å². The molecule has 0 aromatic carbocycles. The Morgan fingerprint density at radius 3 is 2.59 bits per heavy atom. The van der Waals surface area contributed by atoms with E-state index in [1.807, 2.05) is 6.07 Å². The van der Waals surface area contributed by atoms with E-state index in [9.17, 15) is 19.8 Å². The number of nitrogens with one attached hydrogen (secondary N) is 2. The summed E-state index contributed by atoms with van der Waals surface area (Å²) >= 11 is 0. The van der Waals surface area contributed by atoms with E-state index in [0.717, 1.165) is 31.2 Å². The van der Waals surface area contributed by atoms with Crippen LogP contribution in [0.15, 0.2) is 24.5 Å². The summed E-state index contributed by atoms with van der Waals surface area (Å²) in [4.78, 5) is 28.2. The fourth-order valence-corrected chi connectivity index (χ4v) is 3.65. The predicted octanol–water partition coefficient (Wildman–Crippen LogP) is -0.116. The van der Waals surface area contributed by atoms with Crippen LogP contribution in [0.4, 0.5) is 0 Å². The van der Waals surface area contributed by atoms with Crippen molar-refractivity contribution in [2.45, 2.75) is 63.1 Å². The van der Waals surface area contributed by atoms with Gasteiger partial charge < -0.3 is 25.6 Å². The zero-order chi connectivity index (χ0) is 19.2. The molecular weight excluding hydrogens is 350 g/mol. The van der Waals surface area contributed by atoms with Crippen molar-refractivity contribution in [3.05, 3.63) is 30.1 Å². The van der Waals surface area contributed by atoms with Crippen LogP contribution in [-0.2, 0) is 20.9 Å². The van der Waals surface area contributed by atoms with Crippen LogP contribution in [0.5, 0.6) is 0 Å². The Kier molecular flexibility index (Phi) is 6.76. The quantitative estimate of drug-likeness (QED) is 0.526. The van der Waals surface area contributed by atoms with Gasteiger partial charge in [-0.1, -0.05) is 18.9 Å². The van der Waals surface area contributed by atoms with Crippen molar-refractivity contribution in [3.8, 4) is 0 Å². The Morgan fingerprint density at radius 1 is 1.15 bits per heavy atom. The standard InChI is InChI=1S/C19H27N3O5/c23-16(21-10-12-4-3-7-20-9-12)8-14-17(24)18(25)15(27-14)11-22-19(26)13-5-1-2-6-13/h3-4,7,9,13-15,17-18,24-25H,1-2,5-6,8,10-11H2,(H,21,23)(H,22,26)/t14-,15+,17-,18+/m0/s1. The normalized spacial score (nSPS) is 28.2. The van der Waals surface area contributed by atoms with Gasteiger partial charge in [-0.2, -0.15) is 0 Å². The number of pyridine rings is 1. The Labute approximate surface area is 158 Å². The van der Waals surface area contributed by atoms with Crippen molar-refractivity contribution in [1.29, 1.82) is 0 Å². The van der Waals surface area contributed by atoms with Gasteiger partial charge in [-0.05, 0) is 24.5 Å². The summed E-state index contributed by atoms with van der Waals surface area (Å²) in [5, 5.41) is 25.9. The highest BCUT2D eigenvalue weighted by Crippen LogP contribution is 2.26. The van der Waals surface area contributed by atoms with Crippen LogP contribution in [0.25, 0.3) is 0 Å². The zero-order valence-electron chi connectivity index (χ0n) is 15.2. The monoisotopic (exact) mass is 377 g/mol. The first-order valence-corrected chi connectivity index (χ1v) is 9.49. The highest BCUT2D eigenvalue weighted by Gasteiger charge is 2.43. The molecule has 1 aromatic rings. The van der Waals surface area contributed by atoms with Gasteiger partial charge in [-0.15, -0.1) is 0 Å². The molecule has 4 atom stereocenters. The average Bonchev–Trinajstić information content (AvgIpc) is 3.30. The Balaban J connectivity index is 1.43. The minimum absolute atomic E-state index is 0.0301. The van der Waals surface area contributed by atoms with E-state index in [1.165, 1.54) is 0 Å².